The number of alkyl halides is 1. The summed E-state index contributed by atoms with van der Waals surface area (Å²) >= 11 is 6.19. The van der Waals surface area contributed by atoms with Gasteiger partial charge in [0.1, 0.15) is 11.6 Å². The van der Waals surface area contributed by atoms with E-state index >= 15 is 0 Å². The lowest BCUT2D eigenvalue weighted by atomic mass is 9.67. The minimum Gasteiger partial charge on any atom is -0.481 e. The number of hydrogen-bond donors (Lipinski definition) is 1. The number of anilines is 1. The van der Waals surface area contributed by atoms with E-state index < -0.39 is 0 Å². The molecule has 1 heterocycles. The van der Waals surface area contributed by atoms with E-state index in [0.29, 0.717) is 17.7 Å². The maximum Gasteiger partial charge on any atom is 0.218 e. The summed E-state index contributed by atoms with van der Waals surface area (Å²) in [5.74, 6) is 2.09. The SMILES string of the molecule is COc1cc(NC2CC(Cl)C2(C)C)nc(C)n1. The van der Waals surface area contributed by atoms with Crippen LogP contribution in [0, 0.1) is 12.3 Å². The predicted molar refractivity (Wildman–Crippen MR) is 68.8 cm³/mol. The van der Waals surface area contributed by atoms with Crippen molar-refractivity contribution in [2.45, 2.75) is 38.6 Å². The second-order valence-corrected chi connectivity index (χ2v) is 5.59. The number of rotatable bonds is 3. The summed E-state index contributed by atoms with van der Waals surface area (Å²) in [6, 6.07) is 2.16. The molecule has 17 heavy (non-hydrogen) atoms. The number of methoxy groups -OCH3 is 1. The van der Waals surface area contributed by atoms with Crippen molar-refractivity contribution in [1.29, 1.82) is 0 Å². The van der Waals surface area contributed by atoms with E-state index in [9.17, 15) is 0 Å². The highest BCUT2D eigenvalue weighted by Gasteiger charge is 2.47. The van der Waals surface area contributed by atoms with E-state index in [1.807, 2.05) is 13.0 Å². The zero-order valence-corrected chi connectivity index (χ0v) is 11.4. The fourth-order valence-corrected chi connectivity index (χ4v) is 2.34. The molecule has 1 aromatic heterocycles. The molecule has 1 fully saturated rings. The Labute approximate surface area is 107 Å². The molecule has 2 atom stereocenters. The molecule has 0 aliphatic heterocycles. The Balaban J connectivity index is 2.12. The average molecular weight is 256 g/mol. The van der Waals surface area contributed by atoms with E-state index in [1.54, 1.807) is 7.11 Å². The van der Waals surface area contributed by atoms with Gasteiger partial charge in [-0.05, 0) is 13.3 Å². The molecule has 1 aliphatic rings. The van der Waals surface area contributed by atoms with Crippen LogP contribution in [0.15, 0.2) is 6.07 Å². The molecule has 5 heteroatoms. The third kappa shape index (κ3) is 2.32. The van der Waals surface area contributed by atoms with Gasteiger partial charge in [-0.3, -0.25) is 0 Å². The molecule has 1 aromatic rings. The summed E-state index contributed by atoms with van der Waals surface area (Å²) in [6.45, 7) is 6.18. The number of halogens is 1. The average Bonchev–Trinajstić information content (AvgIpc) is 2.28. The predicted octanol–water partition coefficient (Wildman–Crippen LogP) is 2.61. The molecule has 0 saturated heterocycles. The fraction of sp³-hybridized carbons (Fsp3) is 0.667. The van der Waals surface area contributed by atoms with Crippen molar-refractivity contribution in [1.82, 2.24) is 9.97 Å². The van der Waals surface area contributed by atoms with Gasteiger partial charge in [0.15, 0.2) is 0 Å². The first-order valence-electron chi connectivity index (χ1n) is 5.73. The standard InChI is InChI=1S/C12H18ClN3O/c1-7-14-10(6-11(15-7)17-4)16-9-5-8(13)12(9,2)3/h6,8-9H,5H2,1-4H3,(H,14,15,16). The van der Waals surface area contributed by atoms with Gasteiger partial charge in [-0.25, -0.2) is 4.98 Å². The Morgan fingerprint density at radius 3 is 2.71 bits per heavy atom. The Bertz CT molecular complexity index is 422. The van der Waals surface area contributed by atoms with Gasteiger partial charge < -0.3 is 10.1 Å². The summed E-state index contributed by atoms with van der Waals surface area (Å²) in [4.78, 5) is 8.50. The molecule has 1 saturated carbocycles. The van der Waals surface area contributed by atoms with Crippen LogP contribution in [0.2, 0.25) is 0 Å². The smallest absolute Gasteiger partial charge is 0.218 e. The molecule has 4 nitrogen and oxygen atoms in total. The highest BCUT2D eigenvalue weighted by Crippen LogP contribution is 2.45. The minimum atomic E-state index is 0.0909. The summed E-state index contributed by atoms with van der Waals surface area (Å²) in [7, 11) is 1.60. The Hall–Kier alpha value is -1.03. The van der Waals surface area contributed by atoms with Crippen LogP contribution in [0.25, 0.3) is 0 Å². The molecule has 0 bridgehead atoms. The zero-order valence-electron chi connectivity index (χ0n) is 10.6. The van der Waals surface area contributed by atoms with Gasteiger partial charge in [-0.15, -0.1) is 11.6 Å². The van der Waals surface area contributed by atoms with Crippen molar-refractivity contribution in [3.63, 3.8) is 0 Å². The first-order chi connectivity index (χ1) is 7.93. The number of nitrogens with one attached hydrogen (secondary N) is 1. The molecule has 2 unspecified atom stereocenters. The highest BCUT2D eigenvalue weighted by atomic mass is 35.5. The van der Waals surface area contributed by atoms with Crippen molar-refractivity contribution < 1.29 is 4.74 Å². The number of nitrogens with zero attached hydrogens (tertiary/aromatic N) is 2. The Morgan fingerprint density at radius 1 is 1.47 bits per heavy atom. The van der Waals surface area contributed by atoms with Crippen LogP contribution in [0.4, 0.5) is 5.82 Å². The molecule has 0 amide bonds. The van der Waals surface area contributed by atoms with Crippen LogP contribution >= 0.6 is 11.6 Å². The monoisotopic (exact) mass is 255 g/mol. The molecule has 1 aliphatic carbocycles. The van der Waals surface area contributed by atoms with E-state index in [2.05, 4.69) is 29.1 Å². The lowest BCUT2D eigenvalue weighted by molar-refractivity contribution is 0.168. The van der Waals surface area contributed by atoms with Gasteiger partial charge >= 0.3 is 0 Å². The van der Waals surface area contributed by atoms with Gasteiger partial charge in [0, 0.05) is 22.9 Å². The van der Waals surface area contributed by atoms with Crippen LogP contribution in [-0.2, 0) is 0 Å². The van der Waals surface area contributed by atoms with Crippen LogP contribution in [-0.4, -0.2) is 28.5 Å². The maximum absolute atomic E-state index is 6.19. The van der Waals surface area contributed by atoms with Gasteiger partial charge in [-0.2, -0.15) is 4.98 Å². The van der Waals surface area contributed by atoms with Crippen molar-refractivity contribution in [3.05, 3.63) is 11.9 Å². The zero-order chi connectivity index (χ0) is 12.6. The van der Waals surface area contributed by atoms with Crippen LogP contribution < -0.4 is 10.1 Å². The Kier molecular flexibility index (Phi) is 3.17. The molecule has 0 spiro atoms. The minimum absolute atomic E-state index is 0.0909. The quantitative estimate of drug-likeness (QED) is 0.844. The van der Waals surface area contributed by atoms with Crippen molar-refractivity contribution in [2.24, 2.45) is 5.41 Å². The molecule has 2 rings (SSSR count). The van der Waals surface area contributed by atoms with Crippen molar-refractivity contribution >= 4 is 17.4 Å². The second kappa shape index (κ2) is 4.33. The number of hydrogen-bond acceptors (Lipinski definition) is 4. The fourth-order valence-electron chi connectivity index (χ4n) is 2.01. The van der Waals surface area contributed by atoms with Crippen LogP contribution in [0.3, 0.4) is 0 Å². The summed E-state index contributed by atoms with van der Waals surface area (Å²) in [5.41, 5.74) is 0.0909. The van der Waals surface area contributed by atoms with E-state index in [0.717, 1.165) is 12.2 Å². The second-order valence-electron chi connectivity index (χ2n) is 5.06. The van der Waals surface area contributed by atoms with Gasteiger partial charge in [0.05, 0.1) is 7.11 Å². The Morgan fingerprint density at radius 2 is 2.18 bits per heavy atom. The van der Waals surface area contributed by atoms with E-state index in [1.165, 1.54) is 0 Å². The number of ether oxygens (including phenoxy) is 1. The van der Waals surface area contributed by atoms with Gasteiger partial charge in [0.25, 0.3) is 0 Å². The largest absolute Gasteiger partial charge is 0.481 e. The number of aromatic nitrogens is 2. The molecule has 1 N–H and O–H groups in total. The van der Waals surface area contributed by atoms with Crippen LogP contribution in [0.1, 0.15) is 26.1 Å². The lowest BCUT2D eigenvalue weighted by Crippen LogP contribution is -2.54. The van der Waals surface area contributed by atoms with E-state index in [-0.39, 0.29) is 10.8 Å². The van der Waals surface area contributed by atoms with Gasteiger partial charge in [-0.1, -0.05) is 13.8 Å². The highest BCUT2D eigenvalue weighted by molar-refractivity contribution is 6.21. The molecule has 0 radical (unpaired) electrons. The normalized spacial score (nSPS) is 26.2. The first kappa shape index (κ1) is 12.4. The summed E-state index contributed by atoms with van der Waals surface area (Å²) in [5, 5.41) is 3.63. The van der Waals surface area contributed by atoms with Crippen molar-refractivity contribution in [2.75, 3.05) is 12.4 Å². The van der Waals surface area contributed by atoms with Crippen molar-refractivity contribution in [3.8, 4) is 5.88 Å². The maximum atomic E-state index is 6.19. The third-order valence-electron chi connectivity index (χ3n) is 3.49. The summed E-state index contributed by atoms with van der Waals surface area (Å²) < 4.78 is 5.12. The molecular weight excluding hydrogens is 238 g/mol. The first-order valence-corrected chi connectivity index (χ1v) is 6.17. The molecule has 0 aromatic carbocycles. The molecular formula is C12H18ClN3O. The topological polar surface area (TPSA) is 47.0 Å². The lowest BCUT2D eigenvalue weighted by Gasteiger charge is -2.49. The summed E-state index contributed by atoms with van der Waals surface area (Å²) in [6.07, 6.45) is 0.958. The third-order valence-corrected chi connectivity index (χ3v) is 4.23. The molecule has 94 valence electrons. The van der Waals surface area contributed by atoms with Gasteiger partial charge in [0.2, 0.25) is 5.88 Å². The number of aryl methyl sites for hydroxylation is 1. The van der Waals surface area contributed by atoms with E-state index in [4.69, 9.17) is 16.3 Å². The van der Waals surface area contributed by atoms with Crippen LogP contribution in [0.5, 0.6) is 5.88 Å².